The molecular weight excluding hydrogens is 284 g/mol. The van der Waals surface area contributed by atoms with E-state index in [0.717, 1.165) is 27.7 Å². The molecule has 0 radical (unpaired) electrons. The summed E-state index contributed by atoms with van der Waals surface area (Å²) in [5.41, 5.74) is 10.2. The van der Waals surface area contributed by atoms with Crippen LogP contribution in [-0.2, 0) is 6.54 Å². The third-order valence-electron chi connectivity index (χ3n) is 3.32. The lowest BCUT2D eigenvalue weighted by Crippen LogP contribution is -2.23. The van der Waals surface area contributed by atoms with E-state index in [0.29, 0.717) is 12.1 Å². The fraction of sp³-hybridized carbons (Fsp3) is 0.250. The van der Waals surface area contributed by atoms with E-state index in [-0.39, 0.29) is 5.84 Å². The van der Waals surface area contributed by atoms with Crippen LogP contribution in [0, 0.1) is 19.3 Å². The summed E-state index contributed by atoms with van der Waals surface area (Å²) in [6, 6.07) is 9.69. The number of rotatable bonds is 4. The van der Waals surface area contributed by atoms with Gasteiger partial charge >= 0.3 is 0 Å². The van der Waals surface area contributed by atoms with Crippen LogP contribution in [0.15, 0.2) is 30.3 Å². The Bertz CT molecular complexity index is 665. The number of aryl methyl sites for hydroxylation is 2. The number of nitrogens with two attached hydrogens (primary N) is 1. The zero-order valence-electron chi connectivity index (χ0n) is 12.4. The van der Waals surface area contributed by atoms with Gasteiger partial charge in [-0.1, -0.05) is 23.7 Å². The molecule has 0 fully saturated rings. The molecule has 110 valence electrons. The number of aromatic nitrogens is 1. The first-order valence-corrected chi connectivity index (χ1v) is 7.04. The van der Waals surface area contributed by atoms with E-state index in [4.69, 9.17) is 22.7 Å². The topological polar surface area (TPSA) is 66.0 Å². The molecule has 2 aromatic rings. The summed E-state index contributed by atoms with van der Waals surface area (Å²) in [5, 5.41) is 8.51. The van der Waals surface area contributed by atoms with Crippen molar-refractivity contribution in [2.75, 3.05) is 11.9 Å². The lowest BCUT2D eigenvalue weighted by atomic mass is 10.1. The van der Waals surface area contributed by atoms with Gasteiger partial charge in [0.15, 0.2) is 0 Å². The van der Waals surface area contributed by atoms with Crippen molar-refractivity contribution in [3.8, 4) is 0 Å². The Morgan fingerprint density at radius 1 is 1.29 bits per heavy atom. The Hall–Kier alpha value is -2.07. The van der Waals surface area contributed by atoms with Gasteiger partial charge in [-0.3, -0.25) is 10.4 Å². The minimum absolute atomic E-state index is 0.0398. The Balaban J connectivity index is 2.36. The van der Waals surface area contributed by atoms with Crippen molar-refractivity contribution in [3.63, 3.8) is 0 Å². The Morgan fingerprint density at radius 2 is 1.90 bits per heavy atom. The molecule has 1 aromatic carbocycles. The van der Waals surface area contributed by atoms with Crippen molar-refractivity contribution >= 4 is 23.1 Å². The molecule has 0 saturated carbocycles. The van der Waals surface area contributed by atoms with Crippen molar-refractivity contribution in [2.24, 2.45) is 5.73 Å². The van der Waals surface area contributed by atoms with Crippen molar-refractivity contribution in [3.05, 3.63) is 57.9 Å². The molecule has 3 N–H and O–H groups in total. The minimum Gasteiger partial charge on any atom is -0.384 e. The first-order valence-electron chi connectivity index (χ1n) is 6.66. The van der Waals surface area contributed by atoms with Crippen LogP contribution in [0.3, 0.4) is 0 Å². The number of amidine groups is 1. The highest BCUT2D eigenvalue weighted by molar-refractivity contribution is 6.30. The summed E-state index contributed by atoms with van der Waals surface area (Å²) in [4.78, 5) is 6.46. The van der Waals surface area contributed by atoms with E-state index < -0.39 is 0 Å². The lowest BCUT2D eigenvalue weighted by molar-refractivity contribution is 0.911. The average Bonchev–Trinajstić information content (AvgIpc) is 2.39. The second-order valence-corrected chi connectivity index (χ2v) is 5.58. The third kappa shape index (κ3) is 3.52. The lowest BCUT2D eigenvalue weighted by Gasteiger charge is -2.23. The Labute approximate surface area is 130 Å². The maximum absolute atomic E-state index is 7.78. The third-order valence-corrected chi connectivity index (χ3v) is 3.57. The fourth-order valence-corrected chi connectivity index (χ4v) is 2.52. The quantitative estimate of drug-likeness (QED) is 0.673. The molecule has 2 rings (SSSR count). The molecule has 5 heteroatoms. The maximum atomic E-state index is 7.78. The molecule has 4 nitrogen and oxygen atoms in total. The van der Waals surface area contributed by atoms with Gasteiger partial charge in [0, 0.05) is 24.3 Å². The number of hydrogen-bond acceptors (Lipinski definition) is 3. The molecule has 0 aliphatic rings. The number of pyridine rings is 1. The number of hydrogen-bond donors (Lipinski definition) is 2. The van der Waals surface area contributed by atoms with Gasteiger partial charge in [0.2, 0.25) is 0 Å². The van der Waals surface area contributed by atoms with Crippen LogP contribution in [0.25, 0.3) is 0 Å². The van der Waals surface area contributed by atoms with Crippen LogP contribution in [0.4, 0.5) is 5.69 Å². The van der Waals surface area contributed by atoms with Crippen molar-refractivity contribution < 1.29 is 0 Å². The number of benzene rings is 1. The van der Waals surface area contributed by atoms with Gasteiger partial charge < -0.3 is 10.6 Å². The highest BCUT2D eigenvalue weighted by atomic mass is 35.5. The van der Waals surface area contributed by atoms with Gasteiger partial charge in [-0.05, 0) is 37.6 Å². The number of nitrogens with one attached hydrogen (secondary N) is 1. The molecule has 1 heterocycles. The molecule has 0 unspecified atom stereocenters. The van der Waals surface area contributed by atoms with Gasteiger partial charge in [0.05, 0.1) is 16.9 Å². The van der Waals surface area contributed by atoms with Crippen LogP contribution >= 0.6 is 11.6 Å². The second-order valence-electron chi connectivity index (χ2n) is 5.14. The molecule has 0 aliphatic carbocycles. The van der Waals surface area contributed by atoms with Gasteiger partial charge in [0.25, 0.3) is 0 Å². The second kappa shape index (κ2) is 6.14. The van der Waals surface area contributed by atoms with Gasteiger partial charge in [-0.2, -0.15) is 0 Å². The smallest absolute Gasteiger partial charge is 0.126 e. The molecule has 0 bridgehead atoms. The maximum Gasteiger partial charge on any atom is 0.126 e. The van der Waals surface area contributed by atoms with Gasteiger partial charge in [0.1, 0.15) is 5.84 Å². The van der Waals surface area contributed by atoms with Crippen LogP contribution in [0.1, 0.15) is 22.5 Å². The molecular formula is C16H19ClN4. The van der Waals surface area contributed by atoms with E-state index in [1.165, 1.54) is 0 Å². The standard InChI is InChI=1S/C16H19ClN4/c1-10-8-14(15(16(18)19)11(2)20-10)21(3)9-12-4-6-13(17)7-5-12/h4-8H,9H2,1-3H3,(H3,18,19). The van der Waals surface area contributed by atoms with Crippen molar-refractivity contribution in [2.45, 2.75) is 20.4 Å². The summed E-state index contributed by atoms with van der Waals surface area (Å²) in [7, 11) is 1.98. The number of nitrogen functional groups attached to an aromatic ring is 1. The van der Waals surface area contributed by atoms with Gasteiger partial charge in [-0.25, -0.2) is 0 Å². The molecule has 21 heavy (non-hydrogen) atoms. The summed E-state index contributed by atoms with van der Waals surface area (Å²) in [6.07, 6.45) is 0. The zero-order chi connectivity index (χ0) is 15.6. The first-order chi connectivity index (χ1) is 9.88. The van der Waals surface area contributed by atoms with Crippen LogP contribution in [-0.4, -0.2) is 17.9 Å². The zero-order valence-corrected chi connectivity index (χ0v) is 13.2. The average molecular weight is 303 g/mol. The summed E-state index contributed by atoms with van der Waals surface area (Å²) in [6.45, 7) is 4.53. The Morgan fingerprint density at radius 3 is 2.48 bits per heavy atom. The Kier molecular flexibility index (Phi) is 4.48. The highest BCUT2D eigenvalue weighted by Gasteiger charge is 2.15. The fourth-order valence-electron chi connectivity index (χ4n) is 2.39. The minimum atomic E-state index is 0.0398. The van der Waals surface area contributed by atoms with E-state index in [9.17, 15) is 0 Å². The molecule has 0 atom stereocenters. The molecule has 0 amide bonds. The predicted octanol–water partition coefficient (Wildman–Crippen LogP) is 3.27. The molecule has 1 aromatic heterocycles. The van der Waals surface area contributed by atoms with E-state index >= 15 is 0 Å². The van der Waals surface area contributed by atoms with Gasteiger partial charge in [-0.15, -0.1) is 0 Å². The van der Waals surface area contributed by atoms with Crippen LogP contribution in [0.2, 0.25) is 5.02 Å². The monoisotopic (exact) mass is 302 g/mol. The number of nitrogens with zero attached hydrogens (tertiary/aromatic N) is 2. The first kappa shape index (κ1) is 15.3. The van der Waals surface area contributed by atoms with Crippen LogP contribution in [0.5, 0.6) is 0 Å². The van der Waals surface area contributed by atoms with Crippen molar-refractivity contribution in [1.29, 1.82) is 5.41 Å². The molecule has 0 saturated heterocycles. The molecule has 0 spiro atoms. The summed E-state index contributed by atoms with van der Waals surface area (Å²) >= 11 is 5.91. The number of halogens is 1. The molecule has 0 aliphatic heterocycles. The van der Waals surface area contributed by atoms with E-state index in [2.05, 4.69) is 9.88 Å². The highest BCUT2D eigenvalue weighted by Crippen LogP contribution is 2.24. The van der Waals surface area contributed by atoms with E-state index in [1.54, 1.807) is 0 Å². The SMILES string of the molecule is Cc1cc(N(C)Cc2ccc(Cl)cc2)c(C(=N)N)c(C)n1. The van der Waals surface area contributed by atoms with E-state index in [1.807, 2.05) is 51.2 Å². The van der Waals surface area contributed by atoms with Crippen molar-refractivity contribution in [1.82, 2.24) is 4.98 Å². The number of anilines is 1. The predicted molar refractivity (Wildman–Crippen MR) is 88.3 cm³/mol. The largest absolute Gasteiger partial charge is 0.384 e. The summed E-state index contributed by atoms with van der Waals surface area (Å²) < 4.78 is 0. The van der Waals surface area contributed by atoms with Crippen LogP contribution < -0.4 is 10.6 Å². The normalized spacial score (nSPS) is 10.5. The summed E-state index contributed by atoms with van der Waals surface area (Å²) in [5.74, 6) is 0.0398.